The molecule has 2 aliphatic carbocycles. The van der Waals surface area contributed by atoms with Crippen LogP contribution in [0.2, 0.25) is 0 Å². The molecule has 0 aromatic carbocycles. The van der Waals surface area contributed by atoms with Gasteiger partial charge in [-0.25, -0.2) is 0 Å². The van der Waals surface area contributed by atoms with Gasteiger partial charge in [-0.05, 0) is 44.4 Å². The average Bonchev–Trinajstić information content (AvgIpc) is 2.06. The molecule has 0 aromatic heterocycles. The number of rotatable bonds is 2. The third-order valence-corrected chi connectivity index (χ3v) is 4.18. The SMILES string of the molecule is CC(C)NC1(C)CC2CCCC(C1)C2O. The molecule has 2 aliphatic rings. The molecule has 2 rings (SSSR count). The summed E-state index contributed by atoms with van der Waals surface area (Å²) in [5, 5.41) is 13.8. The molecule has 0 spiro atoms. The van der Waals surface area contributed by atoms with Crippen molar-refractivity contribution >= 4 is 0 Å². The van der Waals surface area contributed by atoms with Gasteiger partial charge in [0.1, 0.15) is 0 Å². The molecule has 2 N–H and O–H groups in total. The summed E-state index contributed by atoms with van der Waals surface area (Å²) in [5.41, 5.74) is 0.267. The number of fused-ring (bicyclic) bond motifs is 2. The summed E-state index contributed by atoms with van der Waals surface area (Å²) in [5.74, 6) is 1.10. The van der Waals surface area contributed by atoms with Crippen LogP contribution in [0.5, 0.6) is 0 Å². The lowest BCUT2D eigenvalue weighted by molar-refractivity contribution is -0.0476. The molecule has 0 radical (unpaired) electrons. The summed E-state index contributed by atoms with van der Waals surface area (Å²) in [6, 6.07) is 0.547. The fourth-order valence-electron chi connectivity index (χ4n) is 3.87. The number of nitrogens with one attached hydrogen (secondary N) is 1. The summed E-state index contributed by atoms with van der Waals surface area (Å²) < 4.78 is 0. The van der Waals surface area contributed by atoms with E-state index in [1.807, 2.05) is 0 Å². The fourth-order valence-corrected chi connectivity index (χ4v) is 3.87. The second-order valence-corrected chi connectivity index (χ2v) is 6.21. The third-order valence-electron chi connectivity index (χ3n) is 4.18. The number of aliphatic hydroxyl groups is 1. The van der Waals surface area contributed by atoms with E-state index in [0.717, 1.165) is 12.8 Å². The molecule has 2 atom stereocenters. The zero-order chi connectivity index (χ0) is 11.1. The van der Waals surface area contributed by atoms with Crippen LogP contribution in [0.15, 0.2) is 0 Å². The van der Waals surface area contributed by atoms with Crippen molar-refractivity contribution < 1.29 is 5.11 Å². The molecule has 88 valence electrons. The van der Waals surface area contributed by atoms with E-state index in [1.165, 1.54) is 19.3 Å². The quantitative estimate of drug-likeness (QED) is 0.734. The Morgan fingerprint density at radius 3 is 2.20 bits per heavy atom. The first-order chi connectivity index (χ1) is 7.00. The molecule has 0 aliphatic heterocycles. The summed E-state index contributed by atoms with van der Waals surface area (Å²) in [4.78, 5) is 0. The Kier molecular flexibility index (Phi) is 3.09. The maximum Gasteiger partial charge on any atom is 0.0597 e. The Morgan fingerprint density at radius 2 is 1.73 bits per heavy atom. The van der Waals surface area contributed by atoms with Crippen molar-refractivity contribution in [1.82, 2.24) is 5.32 Å². The minimum Gasteiger partial charge on any atom is -0.393 e. The van der Waals surface area contributed by atoms with Crippen molar-refractivity contribution in [2.24, 2.45) is 11.8 Å². The first-order valence-electron chi connectivity index (χ1n) is 6.46. The fraction of sp³-hybridized carbons (Fsp3) is 1.00. The Balaban J connectivity index is 2.06. The van der Waals surface area contributed by atoms with E-state index in [9.17, 15) is 5.11 Å². The largest absolute Gasteiger partial charge is 0.393 e. The van der Waals surface area contributed by atoms with Crippen LogP contribution in [-0.2, 0) is 0 Å². The van der Waals surface area contributed by atoms with Gasteiger partial charge in [-0.2, -0.15) is 0 Å². The van der Waals surface area contributed by atoms with Crippen LogP contribution in [0.25, 0.3) is 0 Å². The summed E-state index contributed by atoms with van der Waals surface area (Å²) in [6.45, 7) is 6.77. The van der Waals surface area contributed by atoms with E-state index >= 15 is 0 Å². The number of hydrogen-bond donors (Lipinski definition) is 2. The van der Waals surface area contributed by atoms with Crippen LogP contribution < -0.4 is 5.32 Å². The van der Waals surface area contributed by atoms with Gasteiger partial charge in [0.05, 0.1) is 6.10 Å². The topological polar surface area (TPSA) is 32.3 Å². The zero-order valence-electron chi connectivity index (χ0n) is 10.3. The van der Waals surface area contributed by atoms with E-state index < -0.39 is 0 Å². The predicted molar refractivity (Wildman–Crippen MR) is 62.7 cm³/mol. The molecule has 0 heterocycles. The monoisotopic (exact) mass is 211 g/mol. The molecule has 2 fully saturated rings. The highest BCUT2D eigenvalue weighted by Gasteiger charge is 2.44. The van der Waals surface area contributed by atoms with Crippen molar-refractivity contribution in [2.75, 3.05) is 0 Å². The molecule has 0 aromatic rings. The van der Waals surface area contributed by atoms with Crippen molar-refractivity contribution in [3.05, 3.63) is 0 Å². The summed E-state index contributed by atoms with van der Waals surface area (Å²) in [6.07, 6.45) is 6.08. The van der Waals surface area contributed by atoms with E-state index in [0.29, 0.717) is 17.9 Å². The standard InChI is InChI=1S/C13H25NO/c1-9(2)14-13(3)7-10-5-4-6-11(8-13)12(10)15/h9-12,14-15H,4-8H2,1-3H3. The molecule has 15 heavy (non-hydrogen) atoms. The lowest BCUT2D eigenvalue weighted by Gasteiger charge is -2.49. The second-order valence-electron chi connectivity index (χ2n) is 6.21. The van der Waals surface area contributed by atoms with Crippen molar-refractivity contribution in [3.8, 4) is 0 Å². The molecular weight excluding hydrogens is 186 g/mol. The maximum atomic E-state index is 10.1. The lowest BCUT2D eigenvalue weighted by atomic mass is 9.63. The molecular formula is C13H25NO. The maximum absolute atomic E-state index is 10.1. The number of hydrogen-bond acceptors (Lipinski definition) is 2. The van der Waals surface area contributed by atoms with E-state index in [4.69, 9.17) is 0 Å². The van der Waals surface area contributed by atoms with E-state index in [1.54, 1.807) is 0 Å². The van der Waals surface area contributed by atoms with Crippen molar-refractivity contribution in [1.29, 1.82) is 0 Å². The average molecular weight is 211 g/mol. The molecule has 0 saturated heterocycles. The van der Waals surface area contributed by atoms with Gasteiger partial charge in [0, 0.05) is 11.6 Å². The van der Waals surface area contributed by atoms with Gasteiger partial charge in [0.25, 0.3) is 0 Å². The van der Waals surface area contributed by atoms with Gasteiger partial charge in [-0.3, -0.25) is 0 Å². The Labute approximate surface area is 93.5 Å². The highest BCUT2D eigenvalue weighted by Crippen LogP contribution is 2.44. The molecule has 2 nitrogen and oxygen atoms in total. The van der Waals surface area contributed by atoms with Crippen molar-refractivity contribution in [3.63, 3.8) is 0 Å². The van der Waals surface area contributed by atoms with Gasteiger partial charge < -0.3 is 10.4 Å². The Bertz CT molecular complexity index is 213. The van der Waals surface area contributed by atoms with Gasteiger partial charge in [-0.15, -0.1) is 0 Å². The van der Waals surface area contributed by atoms with Crippen LogP contribution in [0.1, 0.15) is 52.9 Å². The van der Waals surface area contributed by atoms with Gasteiger partial charge >= 0.3 is 0 Å². The molecule has 0 amide bonds. The second kappa shape index (κ2) is 4.06. The third kappa shape index (κ3) is 2.36. The molecule has 2 bridgehead atoms. The Hall–Kier alpha value is -0.0800. The first-order valence-corrected chi connectivity index (χ1v) is 6.46. The van der Waals surface area contributed by atoms with E-state index in [2.05, 4.69) is 26.1 Å². The minimum absolute atomic E-state index is 0.0132. The van der Waals surface area contributed by atoms with Crippen LogP contribution in [0.3, 0.4) is 0 Å². The van der Waals surface area contributed by atoms with E-state index in [-0.39, 0.29) is 11.6 Å². The van der Waals surface area contributed by atoms with Crippen molar-refractivity contribution in [2.45, 2.75) is 70.6 Å². The lowest BCUT2D eigenvalue weighted by Crippen LogP contribution is -2.56. The molecule has 2 unspecified atom stereocenters. The highest BCUT2D eigenvalue weighted by atomic mass is 16.3. The normalized spacial score (nSPS) is 45.8. The Morgan fingerprint density at radius 1 is 1.20 bits per heavy atom. The summed E-state index contributed by atoms with van der Waals surface area (Å²) >= 11 is 0. The molecule has 2 heteroatoms. The van der Waals surface area contributed by atoms with Gasteiger partial charge in [0.2, 0.25) is 0 Å². The highest BCUT2D eigenvalue weighted by molar-refractivity contribution is 4.99. The predicted octanol–water partition coefficient (Wildman–Crippen LogP) is 2.31. The molecule has 2 saturated carbocycles. The smallest absolute Gasteiger partial charge is 0.0597 e. The zero-order valence-corrected chi connectivity index (χ0v) is 10.3. The van der Waals surface area contributed by atoms with Crippen LogP contribution in [0, 0.1) is 11.8 Å². The van der Waals surface area contributed by atoms with Crippen LogP contribution in [0.4, 0.5) is 0 Å². The van der Waals surface area contributed by atoms with Gasteiger partial charge in [-0.1, -0.05) is 20.3 Å². The first kappa shape index (κ1) is 11.4. The summed E-state index contributed by atoms with van der Waals surface area (Å²) in [7, 11) is 0. The van der Waals surface area contributed by atoms with Crippen LogP contribution in [-0.4, -0.2) is 22.8 Å². The minimum atomic E-state index is -0.0132. The number of aliphatic hydroxyl groups excluding tert-OH is 1. The van der Waals surface area contributed by atoms with Gasteiger partial charge in [0.15, 0.2) is 0 Å². The van der Waals surface area contributed by atoms with Crippen LogP contribution >= 0.6 is 0 Å².